The summed E-state index contributed by atoms with van der Waals surface area (Å²) >= 11 is 9.22. The molecule has 0 spiro atoms. The Hall–Kier alpha value is -1.92. The molecule has 7 heteroatoms. The van der Waals surface area contributed by atoms with Crippen LogP contribution < -0.4 is 10.2 Å². The van der Waals surface area contributed by atoms with Gasteiger partial charge in [0.2, 0.25) is 11.8 Å². The Balaban J connectivity index is 1.75. The fraction of sp³-hybridized carbons (Fsp3) is 0.176. The molecule has 1 aliphatic rings. The van der Waals surface area contributed by atoms with Gasteiger partial charge >= 0.3 is 0 Å². The minimum absolute atomic E-state index is 0.0132. The lowest BCUT2D eigenvalue weighted by molar-refractivity contribution is -0.122. The van der Waals surface area contributed by atoms with Crippen LogP contribution in [0.25, 0.3) is 0 Å². The highest BCUT2D eigenvalue weighted by molar-refractivity contribution is 9.10. The Morgan fingerprint density at radius 2 is 2.04 bits per heavy atom. The second-order valence-corrected chi connectivity index (χ2v) is 6.76. The first-order valence-electron chi connectivity index (χ1n) is 7.26. The van der Waals surface area contributed by atoms with Crippen LogP contribution in [0, 0.1) is 11.7 Å². The van der Waals surface area contributed by atoms with E-state index >= 15 is 0 Å². The molecule has 1 aliphatic heterocycles. The number of hydrogen-bond donors (Lipinski definition) is 1. The van der Waals surface area contributed by atoms with E-state index in [2.05, 4.69) is 21.2 Å². The number of para-hydroxylation sites is 1. The smallest absolute Gasteiger partial charge is 0.229 e. The largest absolute Gasteiger partial charge is 0.323 e. The van der Waals surface area contributed by atoms with Gasteiger partial charge in [-0.25, -0.2) is 4.39 Å². The Kier molecular flexibility index (Phi) is 4.87. The summed E-state index contributed by atoms with van der Waals surface area (Å²) in [5, 5.41) is 2.83. The van der Waals surface area contributed by atoms with Gasteiger partial charge < -0.3 is 10.2 Å². The first-order valence-corrected chi connectivity index (χ1v) is 8.43. The minimum atomic E-state index is -0.570. The Morgan fingerprint density at radius 1 is 1.29 bits per heavy atom. The molecule has 4 nitrogen and oxygen atoms in total. The van der Waals surface area contributed by atoms with Crippen molar-refractivity contribution in [3.63, 3.8) is 0 Å². The standard InChI is InChI=1S/C17H13BrClFN2O2/c18-12-3-1-2-4-15(12)22-9-10(7-16(22)23)17(24)21-14-8-11(19)5-6-13(14)20/h1-6,8,10H,7,9H2,(H,21,24). The third-order valence-corrected chi connectivity index (χ3v) is 4.73. The van der Waals surface area contributed by atoms with Crippen molar-refractivity contribution in [3.05, 3.63) is 57.8 Å². The molecule has 1 fully saturated rings. The molecule has 3 rings (SSSR count). The maximum Gasteiger partial charge on any atom is 0.229 e. The SMILES string of the molecule is O=C(Nc1cc(Cl)ccc1F)C1CC(=O)N(c2ccccc2Br)C1. The molecule has 1 saturated heterocycles. The van der Waals surface area contributed by atoms with Crippen molar-refractivity contribution in [2.45, 2.75) is 6.42 Å². The van der Waals surface area contributed by atoms with Crippen LogP contribution in [0.1, 0.15) is 6.42 Å². The van der Waals surface area contributed by atoms with E-state index in [1.807, 2.05) is 18.2 Å². The number of anilines is 2. The van der Waals surface area contributed by atoms with Crippen LogP contribution in [0.4, 0.5) is 15.8 Å². The van der Waals surface area contributed by atoms with Crippen LogP contribution in [0.15, 0.2) is 46.9 Å². The molecule has 0 aromatic heterocycles. The van der Waals surface area contributed by atoms with Crippen LogP contribution in [-0.4, -0.2) is 18.4 Å². The number of amides is 2. The number of carbonyl (C=O) groups excluding carboxylic acids is 2. The van der Waals surface area contributed by atoms with E-state index in [0.717, 1.165) is 4.47 Å². The maximum absolute atomic E-state index is 13.7. The fourth-order valence-electron chi connectivity index (χ4n) is 2.61. The van der Waals surface area contributed by atoms with Crippen LogP contribution in [0.5, 0.6) is 0 Å². The van der Waals surface area contributed by atoms with Crippen LogP contribution in [0.2, 0.25) is 5.02 Å². The third-order valence-electron chi connectivity index (χ3n) is 3.83. The van der Waals surface area contributed by atoms with Gasteiger partial charge in [-0.1, -0.05) is 23.7 Å². The lowest BCUT2D eigenvalue weighted by Gasteiger charge is -2.18. The zero-order chi connectivity index (χ0) is 17.3. The van der Waals surface area contributed by atoms with Crippen LogP contribution >= 0.6 is 27.5 Å². The fourth-order valence-corrected chi connectivity index (χ4v) is 3.29. The summed E-state index contributed by atoms with van der Waals surface area (Å²) in [6.45, 7) is 0.246. The summed E-state index contributed by atoms with van der Waals surface area (Å²) < 4.78 is 14.5. The van der Waals surface area contributed by atoms with Crippen molar-refractivity contribution in [2.24, 2.45) is 5.92 Å². The molecule has 124 valence electrons. The molecule has 2 aromatic carbocycles. The van der Waals surface area contributed by atoms with Crippen LogP contribution in [0.3, 0.4) is 0 Å². The summed E-state index contributed by atoms with van der Waals surface area (Å²) in [6.07, 6.45) is 0.0787. The molecule has 1 heterocycles. The lowest BCUT2D eigenvalue weighted by atomic mass is 10.1. The number of nitrogens with zero attached hydrogens (tertiary/aromatic N) is 1. The van der Waals surface area contributed by atoms with Gasteiger partial charge in [-0.15, -0.1) is 0 Å². The van der Waals surface area contributed by atoms with E-state index in [1.165, 1.54) is 18.2 Å². The van der Waals surface area contributed by atoms with Gasteiger partial charge in [-0.3, -0.25) is 9.59 Å². The quantitative estimate of drug-likeness (QED) is 0.821. The van der Waals surface area contributed by atoms with E-state index in [1.54, 1.807) is 11.0 Å². The van der Waals surface area contributed by atoms with Gasteiger partial charge in [0.15, 0.2) is 0 Å². The summed E-state index contributed by atoms with van der Waals surface area (Å²) in [6, 6.07) is 11.2. The maximum atomic E-state index is 13.7. The van der Waals surface area contributed by atoms with Crippen molar-refractivity contribution < 1.29 is 14.0 Å². The number of hydrogen-bond acceptors (Lipinski definition) is 2. The molecule has 0 aliphatic carbocycles. The average molecular weight is 412 g/mol. The predicted octanol–water partition coefficient (Wildman–Crippen LogP) is 4.23. The summed E-state index contributed by atoms with van der Waals surface area (Å²) in [7, 11) is 0. The summed E-state index contributed by atoms with van der Waals surface area (Å²) in [4.78, 5) is 26.2. The molecule has 24 heavy (non-hydrogen) atoms. The van der Waals surface area contributed by atoms with Crippen molar-refractivity contribution in [3.8, 4) is 0 Å². The Morgan fingerprint density at radius 3 is 2.79 bits per heavy atom. The van der Waals surface area contributed by atoms with Crippen LogP contribution in [-0.2, 0) is 9.59 Å². The number of nitrogens with one attached hydrogen (secondary N) is 1. The van der Waals surface area contributed by atoms with E-state index < -0.39 is 17.6 Å². The van der Waals surface area contributed by atoms with Gasteiger partial charge in [-0.2, -0.15) is 0 Å². The van der Waals surface area contributed by atoms with Crippen molar-refractivity contribution in [1.82, 2.24) is 0 Å². The van der Waals surface area contributed by atoms with Crippen molar-refractivity contribution >= 4 is 50.7 Å². The van der Waals surface area contributed by atoms with Gasteiger partial charge in [-0.05, 0) is 46.3 Å². The van der Waals surface area contributed by atoms with E-state index in [-0.39, 0.29) is 24.6 Å². The molecule has 0 saturated carbocycles. The molecule has 2 aromatic rings. The van der Waals surface area contributed by atoms with Gasteiger partial charge in [0, 0.05) is 22.5 Å². The Labute approximate surface area is 151 Å². The molecule has 0 radical (unpaired) electrons. The van der Waals surface area contributed by atoms with Crippen molar-refractivity contribution in [1.29, 1.82) is 0 Å². The highest BCUT2D eigenvalue weighted by atomic mass is 79.9. The second kappa shape index (κ2) is 6.91. The number of carbonyl (C=O) groups is 2. The zero-order valence-electron chi connectivity index (χ0n) is 12.4. The summed E-state index contributed by atoms with van der Waals surface area (Å²) in [5.41, 5.74) is 0.728. The van der Waals surface area contributed by atoms with Gasteiger partial charge in [0.1, 0.15) is 5.82 Å². The highest BCUT2D eigenvalue weighted by Gasteiger charge is 2.36. The van der Waals surface area contributed by atoms with E-state index in [9.17, 15) is 14.0 Å². The second-order valence-electron chi connectivity index (χ2n) is 5.47. The highest BCUT2D eigenvalue weighted by Crippen LogP contribution is 2.32. The van der Waals surface area contributed by atoms with Gasteiger partial charge in [0.25, 0.3) is 0 Å². The molecule has 1 atom stereocenters. The molecule has 2 amide bonds. The molecule has 1 N–H and O–H groups in total. The first-order chi connectivity index (χ1) is 11.5. The first kappa shape index (κ1) is 16.9. The lowest BCUT2D eigenvalue weighted by Crippen LogP contribution is -2.28. The monoisotopic (exact) mass is 410 g/mol. The summed E-state index contributed by atoms with van der Waals surface area (Å²) in [5.74, 6) is -1.67. The molecular weight excluding hydrogens is 399 g/mol. The van der Waals surface area contributed by atoms with E-state index in [4.69, 9.17) is 11.6 Å². The normalized spacial score (nSPS) is 17.2. The Bertz CT molecular complexity index is 815. The molecule has 0 bridgehead atoms. The average Bonchev–Trinajstić information content (AvgIpc) is 2.93. The molecular formula is C17H13BrClFN2O2. The predicted molar refractivity (Wildman–Crippen MR) is 94.6 cm³/mol. The third kappa shape index (κ3) is 3.44. The minimum Gasteiger partial charge on any atom is -0.323 e. The van der Waals surface area contributed by atoms with E-state index in [0.29, 0.717) is 10.7 Å². The molecule has 1 unspecified atom stereocenters. The number of benzene rings is 2. The zero-order valence-corrected chi connectivity index (χ0v) is 14.8. The number of halogens is 3. The van der Waals surface area contributed by atoms with Crippen molar-refractivity contribution in [2.75, 3.05) is 16.8 Å². The number of rotatable bonds is 3. The van der Waals surface area contributed by atoms with Gasteiger partial charge in [0.05, 0.1) is 17.3 Å². The topological polar surface area (TPSA) is 49.4 Å².